The first-order valence-corrected chi connectivity index (χ1v) is 15.8. The van der Waals surface area contributed by atoms with Crippen molar-refractivity contribution in [3.63, 3.8) is 0 Å². The number of nitrogens with one attached hydrogen (secondary N) is 1. The monoisotopic (exact) mass is 595 g/mol. The number of piperazine rings is 1. The van der Waals surface area contributed by atoms with Gasteiger partial charge in [-0.25, -0.2) is 14.8 Å². The highest BCUT2D eigenvalue weighted by molar-refractivity contribution is 6.01. The zero-order chi connectivity index (χ0) is 30.6. The third kappa shape index (κ3) is 6.50. The molecule has 5 aromatic rings. The van der Waals surface area contributed by atoms with E-state index in [0.29, 0.717) is 11.4 Å². The molecule has 2 N–H and O–H groups in total. The van der Waals surface area contributed by atoms with Crippen molar-refractivity contribution in [2.24, 2.45) is 0 Å². The number of hydrogen-bond donors (Lipinski definition) is 2. The van der Waals surface area contributed by atoms with E-state index >= 15 is 0 Å². The lowest BCUT2D eigenvalue weighted by molar-refractivity contribution is 0.0696. The first-order valence-electron chi connectivity index (χ1n) is 15.8. The number of fused-ring (bicyclic) bond motifs is 1. The SMILES string of the molecule is O=C(O)c1cc2ccc(-c3ccc(-c4ncc(N5CCN(CCc6ccccc6)CC5)cn4)cc3)cc2cc1C1=CCNCC1. The van der Waals surface area contributed by atoms with Crippen molar-refractivity contribution in [1.29, 1.82) is 0 Å². The quantitative estimate of drug-likeness (QED) is 0.215. The van der Waals surface area contributed by atoms with Crippen LogP contribution in [-0.2, 0) is 6.42 Å². The molecule has 1 aromatic heterocycles. The van der Waals surface area contributed by atoms with E-state index in [0.717, 1.165) is 103 Å². The van der Waals surface area contributed by atoms with Crippen molar-refractivity contribution in [1.82, 2.24) is 20.2 Å². The molecule has 0 bridgehead atoms. The van der Waals surface area contributed by atoms with Crippen LogP contribution in [0, 0.1) is 0 Å². The Kier molecular flexibility index (Phi) is 8.36. The largest absolute Gasteiger partial charge is 0.478 e. The molecule has 45 heavy (non-hydrogen) atoms. The molecule has 0 unspecified atom stereocenters. The van der Waals surface area contributed by atoms with Gasteiger partial charge in [-0.05, 0) is 76.2 Å². The number of carbonyl (C=O) groups is 1. The summed E-state index contributed by atoms with van der Waals surface area (Å²) in [7, 11) is 0. The van der Waals surface area contributed by atoms with Crippen molar-refractivity contribution in [2.75, 3.05) is 50.7 Å². The van der Waals surface area contributed by atoms with E-state index in [1.54, 1.807) is 6.07 Å². The summed E-state index contributed by atoms with van der Waals surface area (Å²) in [5, 5.41) is 15.2. The Morgan fingerprint density at radius 1 is 0.800 bits per heavy atom. The summed E-state index contributed by atoms with van der Waals surface area (Å²) >= 11 is 0. The van der Waals surface area contributed by atoms with Gasteiger partial charge < -0.3 is 15.3 Å². The van der Waals surface area contributed by atoms with Gasteiger partial charge in [0.15, 0.2) is 5.82 Å². The predicted molar refractivity (Wildman–Crippen MR) is 182 cm³/mol. The van der Waals surface area contributed by atoms with Crippen LogP contribution in [0.1, 0.15) is 27.9 Å². The van der Waals surface area contributed by atoms with Gasteiger partial charge in [-0.3, -0.25) is 4.90 Å². The van der Waals surface area contributed by atoms with Crippen LogP contribution in [0.3, 0.4) is 0 Å². The van der Waals surface area contributed by atoms with Crippen LogP contribution in [0.5, 0.6) is 0 Å². The summed E-state index contributed by atoms with van der Waals surface area (Å²) in [6, 6.07) is 29.1. The second-order valence-corrected chi connectivity index (χ2v) is 11.9. The molecule has 7 rings (SSSR count). The van der Waals surface area contributed by atoms with Gasteiger partial charge >= 0.3 is 5.97 Å². The molecule has 226 valence electrons. The molecule has 0 radical (unpaired) electrons. The number of nitrogens with zero attached hydrogens (tertiary/aromatic N) is 4. The Morgan fingerprint density at radius 2 is 1.53 bits per heavy atom. The highest BCUT2D eigenvalue weighted by Gasteiger charge is 2.19. The molecule has 0 spiro atoms. The maximum absolute atomic E-state index is 12.1. The molecular formula is C38H37N5O2. The summed E-state index contributed by atoms with van der Waals surface area (Å²) in [6.45, 7) is 6.75. The summed E-state index contributed by atoms with van der Waals surface area (Å²) in [6.07, 6.45) is 7.90. The zero-order valence-electron chi connectivity index (χ0n) is 25.3. The van der Waals surface area contributed by atoms with Gasteiger partial charge in [0.1, 0.15) is 0 Å². The average Bonchev–Trinajstić information content (AvgIpc) is 3.11. The van der Waals surface area contributed by atoms with E-state index in [-0.39, 0.29) is 0 Å². The minimum absolute atomic E-state index is 0.361. The molecular weight excluding hydrogens is 558 g/mol. The van der Waals surface area contributed by atoms with Crippen LogP contribution >= 0.6 is 0 Å². The molecule has 0 saturated carbocycles. The molecule has 1 saturated heterocycles. The van der Waals surface area contributed by atoms with Crippen molar-refractivity contribution in [2.45, 2.75) is 12.8 Å². The number of aromatic nitrogens is 2. The van der Waals surface area contributed by atoms with E-state index in [9.17, 15) is 9.90 Å². The van der Waals surface area contributed by atoms with Crippen LogP contribution in [-0.4, -0.2) is 71.8 Å². The second-order valence-electron chi connectivity index (χ2n) is 11.9. The standard InChI is InChI=1S/C38H37N5O2/c44-38(45)36-23-32-11-10-31(22-33(32)24-35(36)29-12-15-39-16-13-29)28-6-8-30(9-7-28)37-40-25-34(26-41-37)43-20-18-42(19-21-43)17-14-27-4-2-1-3-5-27/h1-12,22-26,39H,13-21H2,(H,44,45). The third-order valence-corrected chi connectivity index (χ3v) is 9.03. The van der Waals surface area contributed by atoms with Crippen LogP contribution in [0.15, 0.2) is 103 Å². The van der Waals surface area contributed by atoms with Crippen molar-refractivity contribution in [3.05, 3.63) is 120 Å². The van der Waals surface area contributed by atoms with Crippen LogP contribution in [0.25, 0.3) is 38.9 Å². The summed E-state index contributed by atoms with van der Waals surface area (Å²) in [5.74, 6) is -0.176. The molecule has 4 aromatic carbocycles. The van der Waals surface area contributed by atoms with Gasteiger partial charge in [0.2, 0.25) is 0 Å². The number of carboxylic acids is 1. The first-order chi connectivity index (χ1) is 22.1. The summed E-state index contributed by atoms with van der Waals surface area (Å²) in [4.78, 5) is 26.4. The summed E-state index contributed by atoms with van der Waals surface area (Å²) in [5.41, 5.74) is 7.88. The van der Waals surface area contributed by atoms with E-state index < -0.39 is 5.97 Å². The third-order valence-electron chi connectivity index (χ3n) is 9.03. The average molecular weight is 596 g/mol. The molecule has 7 heteroatoms. The highest BCUT2D eigenvalue weighted by atomic mass is 16.4. The summed E-state index contributed by atoms with van der Waals surface area (Å²) < 4.78 is 0. The molecule has 3 heterocycles. The number of carboxylic acid groups (broad SMARTS) is 1. The Bertz CT molecular complexity index is 1830. The number of aromatic carboxylic acids is 1. The molecule has 1 fully saturated rings. The normalized spacial score (nSPS) is 15.6. The lowest BCUT2D eigenvalue weighted by atomic mass is 9.91. The fourth-order valence-corrected chi connectivity index (χ4v) is 6.39. The Hall–Kier alpha value is -4.85. The Balaban J connectivity index is 1.02. The van der Waals surface area contributed by atoms with Gasteiger partial charge in [0, 0.05) is 44.8 Å². The Morgan fingerprint density at radius 3 is 2.24 bits per heavy atom. The number of anilines is 1. The second kappa shape index (κ2) is 13.0. The van der Waals surface area contributed by atoms with Gasteiger partial charge in [-0.2, -0.15) is 0 Å². The lowest BCUT2D eigenvalue weighted by Crippen LogP contribution is -2.47. The van der Waals surface area contributed by atoms with Crippen LogP contribution < -0.4 is 10.2 Å². The molecule has 0 amide bonds. The molecule has 0 aliphatic carbocycles. The highest BCUT2D eigenvalue weighted by Crippen LogP contribution is 2.32. The van der Waals surface area contributed by atoms with Gasteiger partial charge in [-0.15, -0.1) is 0 Å². The fourth-order valence-electron chi connectivity index (χ4n) is 6.39. The zero-order valence-corrected chi connectivity index (χ0v) is 25.3. The van der Waals surface area contributed by atoms with Gasteiger partial charge in [0.25, 0.3) is 0 Å². The number of benzene rings is 4. The molecule has 2 aliphatic rings. The topological polar surface area (TPSA) is 81.6 Å². The molecule has 2 aliphatic heterocycles. The number of hydrogen-bond acceptors (Lipinski definition) is 6. The van der Waals surface area contributed by atoms with Crippen LogP contribution in [0.2, 0.25) is 0 Å². The molecule has 7 nitrogen and oxygen atoms in total. The maximum atomic E-state index is 12.1. The van der Waals surface area contributed by atoms with E-state index in [1.807, 2.05) is 24.5 Å². The van der Waals surface area contributed by atoms with Crippen LogP contribution in [0.4, 0.5) is 5.69 Å². The first kappa shape index (κ1) is 28.9. The van der Waals surface area contributed by atoms with Gasteiger partial charge in [0.05, 0.1) is 23.6 Å². The van der Waals surface area contributed by atoms with Crippen molar-refractivity contribution >= 4 is 28.0 Å². The maximum Gasteiger partial charge on any atom is 0.336 e. The Labute approximate surface area is 263 Å². The lowest BCUT2D eigenvalue weighted by Gasteiger charge is -2.35. The van der Waals surface area contributed by atoms with E-state index in [2.05, 4.69) is 87.9 Å². The predicted octanol–water partition coefficient (Wildman–Crippen LogP) is 6.40. The number of rotatable bonds is 8. The van der Waals surface area contributed by atoms with Gasteiger partial charge in [-0.1, -0.05) is 72.8 Å². The minimum Gasteiger partial charge on any atom is -0.478 e. The van der Waals surface area contributed by atoms with Crippen molar-refractivity contribution < 1.29 is 9.90 Å². The molecule has 0 atom stereocenters. The van der Waals surface area contributed by atoms with E-state index in [1.165, 1.54) is 5.56 Å². The van der Waals surface area contributed by atoms with E-state index in [4.69, 9.17) is 9.97 Å². The smallest absolute Gasteiger partial charge is 0.336 e. The van der Waals surface area contributed by atoms with Crippen molar-refractivity contribution in [3.8, 4) is 22.5 Å². The fraction of sp³-hybridized carbons (Fsp3) is 0.237. The minimum atomic E-state index is -0.890.